The molecule has 2 aromatic heterocycles. The van der Waals surface area contributed by atoms with Crippen molar-refractivity contribution in [3.05, 3.63) is 27.2 Å². The molecule has 5 heteroatoms. The number of aromatic nitrogens is 2. The number of nitrogens with two attached hydrogens (primary N) is 1. The van der Waals surface area contributed by atoms with E-state index in [0.717, 1.165) is 27.3 Å². The largest absolute Gasteiger partial charge is 0.383 e. The fraction of sp³-hybridized carbons (Fsp3) is 0.467. The Labute approximate surface area is 131 Å². The molecule has 0 bridgehead atoms. The molecule has 3 nitrogen and oxygen atoms in total. The van der Waals surface area contributed by atoms with E-state index < -0.39 is 0 Å². The fourth-order valence-electron chi connectivity index (χ4n) is 2.75. The van der Waals surface area contributed by atoms with E-state index in [0.29, 0.717) is 11.7 Å². The van der Waals surface area contributed by atoms with E-state index in [-0.39, 0.29) is 0 Å². The van der Waals surface area contributed by atoms with Crippen LogP contribution in [0.4, 0.5) is 5.82 Å². The second-order valence-corrected chi connectivity index (χ2v) is 7.19. The Morgan fingerprint density at radius 3 is 2.70 bits per heavy atom. The van der Waals surface area contributed by atoms with E-state index in [9.17, 15) is 0 Å². The Morgan fingerprint density at radius 2 is 2.05 bits per heavy atom. The maximum Gasteiger partial charge on any atom is 0.171 e. The topological polar surface area (TPSA) is 51.8 Å². The van der Waals surface area contributed by atoms with Gasteiger partial charge in [0.1, 0.15) is 5.82 Å². The highest BCUT2D eigenvalue weighted by Crippen LogP contribution is 2.39. The van der Waals surface area contributed by atoms with Crippen LogP contribution in [0.15, 0.2) is 16.6 Å². The molecule has 1 fully saturated rings. The van der Waals surface area contributed by atoms with Crippen molar-refractivity contribution < 1.29 is 0 Å². The summed E-state index contributed by atoms with van der Waals surface area (Å²) in [5.74, 6) is 1.86. The van der Waals surface area contributed by atoms with Crippen molar-refractivity contribution in [2.45, 2.75) is 44.9 Å². The van der Waals surface area contributed by atoms with Crippen molar-refractivity contribution >= 4 is 33.1 Å². The molecule has 0 radical (unpaired) electrons. The van der Waals surface area contributed by atoms with E-state index in [4.69, 9.17) is 10.7 Å². The summed E-state index contributed by atoms with van der Waals surface area (Å²) in [6.45, 7) is 2.16. The van der Waals surface area contributed by atoms with Gasteiger partial charge in [-0.2, -0.15) is 0 Å². The van der Waals surface area contributed by atoms with E-state index in [1.54, 1.807) is 11.3 Å². The molecule has 0 saturated heterocycles. The third kappa shape index (κ3) is 2.61. The van der Waals surface area contributed by atoms with Gasteiger partial charge in [-0.3, -0.25) is 0 Å². The average molecular weight is 352 g/mol. The molecule has 106 valence electrons. The number of anilines is 1. The number of rotatable bonds is 3. The molecule has 0 spiro atoms. The minimum Gasteiger partial charge on any atom is -0.383 e. The van der Waals surface area contributed by atoms with Crippen LogP contribution in [0.2, 0.25) is 0 Å². The summed E-state index contributed by atoms with van der Waals surface area (Å²) in [6, 6.07) is 4.25. The van der Waals surface area contributed by atoms with Crippen LogP contribution in [-0.4, -0.2) is 9.97 Å². The van der Waals surface area contributed by atoms with Gasteiger partial charge in [-0.25, -0.2) is 9.97 Å². The second-order valence-electron chi connectivity index (χ2n) is 5.23. The molecular weight excluding hydrogens is 334 g/mol. The lowest BCUT2D eigenvalue weighted by molar-refractivity contribution is 0.692. The molecule has 0 unspecified atom stereocenters. The number of nitrogen functional groups attached to an aromatic ring is 1. The highest BCUT2D eigenvalue weighted by Gasteiger charge is 2.23. The van der Waals surface area contributed by atoms with Gasteiger partial charge in [0.25, 0.3) is 0 Å². The van der Waals surface area contributed by atoms with Crippen molar-refractivity contribution in [1.82, 2.24) is 9.97 Å². The van der Waals surface area contributed by atoms with Crippen molar-refractivity contribution in [3.63, 3.8) is 0 Å². The van der Waals surface area contributed by atoms with Gasteiger partial charge in [0.2, 0.25) is 0 Å². The SMILES string of the molecule is CCc1ccc(-c2nc(N)c(Br)c(C3CCCC3)n2)s1. The number of halogens is 1. The summed E-state index contributed by atoms with van der Waals surface area (Å²) >= 11 is 5.33. The van der Waals surface area contributed by atoms with Gasteiger partial charge < -0.3 is 5.73 Å². The second kappa shape index (κ2) is 5.82. The smallest absolute Gasteiger partial charge is 0.171 e. The van der Waals surface area contributed by atoms with Crippen molar-refractivity contribution in [2.24, 2.45) is 0 Å². The van der Waals surface area contributed by atoms with Crippen LogP contribution in [0.1, 0.15) is 49.1 Å². The van der Waals surface area contributed by atoms with Gasteiger partial charge in [0.05, 0.1) is 15.0 Å². The highest BCUT2D eigenvalue weighted by atomic mass is 79.9. The van der Waals surface area contributed by atoms with E-state index >= 15 is 0 Å². The summed E-state index contributed by atoms with van der Waals surface area (Å²) in [7, 11) is 0. The Morgan fingerprint density at radius 1 is 1.30 bits per heavy atom. The van der Waals surface area contributed by atoms with Gasteiger partial charge in [-0.15, -0.1) is 11.3 Å². The number of hydrogen-bond acceptors (Lipinski definition) is 4. The lowest BCUT2D eigenvalue weighted by atomic mass is 10.0. The predicted octanol–water partition coefficient (Wildman–Crippen LogP) is 4.77. The zero-order chi connectivity index (χ0) is 14.1. The molecule has 1 saturated carbocycles. The Balaban J connectivity index is 2.03. The Kier molecular flexibility index (Phi) is 4.08. The first-order chi connectivity index (χ1) is 9.69. The molecule has 0 aromatic carbocycles. The summed E-state index contributed by atoms with van der Waals surface area (Å²) in [5, 5.41) is 0. The van der Waals surface area contributed by atoms with Crippen molar-refractivity contribution in [1.29, 1.82) is 0 Å². The van der Waals surface area contributed by atoms with Crippen LogP contribution >= 0.6 is 27.3 Å². The van der Waals surface area contributed by atoms with Gasteiger partial charge in [0, 0.05) is 10.8 Å². The van der Waals surface area contributed by atoms with Crippen LogP contribution in [0.3, 0.4) is 0 Å². The van der Waals surface area contributed by atoms with E-state index in [1.165, 1.54) is 30.6 Å². The van der Waals surface area contributed by atoms with Crippen molar-refractivity contribution in [2.75, 3.05) is 5.73 Å². The summed E-state index contributed by atoms with van der Waals surface area (Å²) < 4.78 is 0.889. The fourth-order valence-corrected chi connectivity index (χ4v) is 4.13. The standard InChI is InChI=1S/C15H18BrN3S/c1-2-10-7-8-11(20-10)15-18-13(9-5-3-4-6-9)12(16)14(17)19-15/h7-9H,2-6H2,1H3,(H2,17,18,19). The Bertz CT molecular complexity index is 618. The third-order valence-electron chi connectivity index (χ3n) is 3.87. The predicted molar refractivity (Wildman–Crippen MR) is 88.0 cm³/mol. The zero-order valence-corrected chi connectivity index (χ0v) is 13.9. The summed E-state index contributed by atoms with van der Waals surface area (Å²) in [4.78, 5) is 11.7. The number of nitrogens with zero attached hydrogens (tertiary/aromatic N) is 2. The molecule has 2 aromatic rings. The normalized spacial score (nSPS) is 15.9. The first-order valence-corrected chi connectivity index (χ1v) is 8.72. The molecule has 0 aliphatic heterocycles. The molecule has 1 aliphatic carbocycles. The lowest BCUT2D eigenvalue weighted by Crippen LogP contribution is -2.05. The molecule has 2 N–H and O–H groups in total. The van der Waals surface area contributed by atoms with Gasteiger partial charge in [-0.1, -0.05) is 19.8 Å². The lowest BCUT2D eigenvalue weighted by Gasteiger charge is -2.13. The molecular formula is C15H18BrN3S. The average Bonchev–Trinajstić information content (AvgIpc) is 3.11. The molecule has 0 atom stereocenters. The first kappa shape index (κ1) is 14.0. The van der Waals surface area contributed by atoms with Gasteiger partial charge >= 0.3 is 0 Å². The van der Waals surface area contributed by atoms with Crippen molar-refractivity contribution in [3.8, 4) is 10.7 Å². The third-order valence-corrected chi connectivity index (χ3v) is 5.91. The highest BCUT2D eigenvalue weighted by molar-refractivity contribution is 9.10. The maximum atomic E-state index is 6.07. The minimum atomic E-state index is 0.527. The first-order valence-electron chi connectivity index (χ1n) is 7.11. The number of aryl methyl sites for hydroxylation is 1. The number of hydrogen-bond donors (Lipinski definition) is 1. The van der Waals surface area contributed by atoms with Gasteiger partial charge in [0.15, 0.2) is 5.82 Å². The number of thiophene rings is 1. The molecule has 0 amide bonds. The molecule has 1 aliphatic rings. The van der Waals surface area contributed by atoms with Crippen LogP contribution < -0.4 is 5.73 Å². The van der Waals surface area contributed by atoms with Gasteiger partial charge in [-0.05, 0) is 47.3 Å². The minimum absolute atomic E-state index is 0.527. The summed E-state index contributed by atoms with van der Waals surface area (Å²) in [6.07, 6.45) is 6.04. The molecule has 3 rings (SSSR count). The Hall–Kier alpha value is -0.940. The quantitative estimate of drug-likeness (QED) is 0.866. The maximum absolute atomic E-state index is 6.07. The monoisotopic (exact) mass is 351 g/mol. The zero-order valence-electron chi connectivity index (χ0n) is 11.5. The molecule has 20 heavy (non-hydrogen) atoms. The van der Waals surface area contributed by atoms with E-state index in [1.807, 2.05) is 0 Å². The van der Waals surface area contributed by atoms with Crippen LogP contribution in [0.5, 0.6) is 0 Å². The molecule has 2 heterocycles. The van der Waals surface area contributed by atoms with E-state index in [2.05, 4.69) is 40.0 Å². The van der Waals surface area contributed by atoms with Crippen LogP contribution in [-0.2, 0) is 6.42 Å². The van der Waals surface area contributed by atoms with Crippen LogP contribution in [0, 0.1) is 0 Å². The summed E-state index contributed by atoms with van der Waals surface area (Å²) in [5.41, 5.74) is 7.17. The van der Waals surface area contributed by atoms with Crippen LogP contribution in [0.25, 0.3) is 10.7 Å².